The summed E-state index contributed by atoms with van der Waals surface area (Å²) in [5, 5.41) is 0. The normalized spacial score (nSPS) is 16.0. The van der Waals surface area contributed by atoms with Gasteiger partial charge in [0.15, 0.2) is 0 Å². The largest absolute Gasteiger partial charge is 0.461 e. The monoisotopic (exact) mass is 526 g/mol. The van der Waals surface area contributed by atoms with E-state index < -0.39 is 60.2 Å². The Morgan fingerprint density at radius 2 is 1.06 bits per heavy atom. The molecular weight excluding hydrogens is 509 g/mol. The van der Waals surface area contributed by atoms with Gasteiger partial charge in [-0.15, -0.1) is 0 Å². The molecule has 0 saturated heterocycles. The second-order valence-electron chi connectivity index (χ2n) is 6.96. The highest BCUT2D eigenvalue weighted by atomic mass is 19.4. The van der Waals surface area contributed by atoms with E-state index in [1.165, 1.54) is 6.92 Å². The van der Waals surface area contributed by atoms with E-state index in [0.717, 1.165) is 0 Å². The molecule has 0 saturated carbocycles. The lowest BCUT2D eigenvalue weighted by Gasteiger charge is -2.40. The Morgan fingerprint density at radius 1 is 0.667 bits per heavy atom. The first-order valence-electron chi connectivity index (χ1n) is 8.92. The lowest BCUT2D eigenvalue weighted by atomic mass is 9.91. The third-order valence-corrected chi connectivity index (χ3v) is 4.58. The number of ether oxygens (including phenoxy) is 1. The SMILES string of the molecule is CCCCC(CC)COC(=O)C(F)(F)C(F)(F)C(F)(F)C(F)(F)C(F)(F)C(F)(F)C(F)(F)F. The molecule has 0 spiro atoms. The lowest BCUT2D eigenvalue weighted by molar-refractivity contribution is -0.450. The Kier molecular flexibility index (Phi) is 9.12. The van der Waals surface area contributed by atoms with Gasteiger partial charge in [0.1, 0.15) is 0 Å². The van der Waals surface area contributed by atoms with Gasteiger partial charge >= 0.3 is 47.7 Å². The van der Waals surface area contributed by atoms with Crippen LogP contribution in [-0.4, -0.2) is 54.3 Å². The van der Waals surface area contributed by atoms with Crippen LogP contribution in [0.3, 0.4) is 0 Å². The maximum atomic E-state index is 13.7. The summed E-state index contributed by atoms with van der Waals surface area (Å²) in [6.07, 6.45) is -6.54. The molecule has 0 N–H and O–H groups in total. The molecule has 0 rings (SSSR count). The van der Waals surface area contributed by atoms with E-state index in [-0.39, 0.29) is 12.8 Å². The molecule has 2 nitrogen and oxygen atoms in total. The Labute approximate surface area is 176 Å². The summed E-state index contributed by atoms with van der Waals surface area (Å²) in [6.45, 7) is 1.94. The first kappa shape index (κ1) is 31.4. The predicted octanol–water partition coefficient (Wildman–Crippen LogP) is 7.12. The zero-order chi connectivity index (χ0) is 26.9. The number of rotatable bonds is 12. The molecule has 0 aliphatic heterocycles. The van der Waals surface area contributed by atoms with Crippen molar-refractivity contribution >= 4 is 5.97 Å². The molecule has 0 bridgehead atoms. The molecule has 0 amide bonds. The zero-order valence-electron chi connectivity index (χ0n) is 16.6. The van der Waals surface area contributed by atoms with Crippen molar-refractivity contribution in [2.75, 3.05) is 6.61 Å². The van der Waals surface area contributed by atoms with Crippen molar-refractivity contribution in [3.8, 4) is 0 Å². The van der Waals surface area contributed by atoms with Crippen molar-refractivity contribution < 1.29 is 75.4 Å². The van der Waals surface area contributed by atoms with Gasteiger partial charge in [-0.1, -0.05) is 33.1 Å². The summed E-state index contributed by atoms with van der Waals surface area (Å²) >= 11 is 0. The molecule has 0 heterocycles. The van der Waals surface area contributed by atoms with Gasteiger partial charge in [-0.2, -0.15) is 65.9 Å². The molecule has 17 heteroatoms. The fourth-order valence-corrected chi connectivity index (χ4v) is 2.28. The fourth-order valence-electron chi connectivity index (χ4n) is 2.28. The van der Waals surface area contributed by atoms with Gasteiger partial charge in [0.05, 0.1) is 6.61 Å². The van der Waals surface area contributed by atoms with Gasteiger partial charge in [-0.3, -0.25) is 0 Å². The Balaban J connectivity index is 6.14. The molecule has 0 aromatic carbocycles. The van der Waals surface area contributed by atoms with Crippen LogP contribution in [0.5, 0.6) is 0 Å². The van der Waals surface area contributed by atoms with E-state index >= 15 is 0 Å². The first-order valence-corrected chi connectivity index (χ1v) is 8.92. The second kappa shape index (κ2) is 9.58. The summed E-state index contributed by atoms with van der Waals surface area (Å²) in [5.41, 5.74) is 0. The Morgan fingerprint density at radius 3 is 1.42 bits per heavy atom. The van der Waals surface area contributed by atoms with Crippen LogP contribution in [0.25, 0.3) is 0 Å². The number of alkyl halides is 15. The lowest BCUT2D eigenvalue weighted by Crippen LogP contribution is -2.73. The minimum absolute atomic E-state index is 0.0716. The summed E-state index contributed by atoms with van der Waals surface area (Å²) in [5.74, 6) is -52.5. The fraction of sp³-hybridized carbons (Fsp3) is 0.938. The Bertz CT molecular complexity index is 669. The average molecular weight is 526 g/mol. The first-order chi connectivity index (χ1) is 14.4. The molecule has 0 fully saturated rings. The van der Waals surface area contributed by atoms with E-state index in [1.807, 2.05) is 0 Å². The molecule has 1 atom stereocenters. The third-order valence-electron chi connectivity index (χ3n) is 4.58. The number of carbonyl (C=O) groups excluding carboxylic acids is 1. The highest BCUT2D eigenvalue weighted by Gasteiger charge is 2.94. The Hall–Kier alpha value is -1.58. The van der Waals surface area contributed by atoms with Gasteiger partial charge < -0.3 is 4.74 Å². The number of hydrogen-bond donors (Lipinski definition) is 0. The van der Waals surface area contributed by atoms with Gasteiger partial charge in [0.2, 0.25) is 0 Å². The van der Waals surface area contributed by atoms with Gasteiger partial charge in [-0.05, 0) is 12.3 Å². The highest BCUT2D eigenvalue weighted by Crippen LogP contribution is 2.62. The molecular formula is C16H17F15O2. The van der Waals surface area contributed by atoms with E-state index in [1.54, 1.807) is 6.92 Å². The second-order valence-corrected chi connectivity index (χ2v) is 6.96. The van der Waals surface area contributed by atoms with Crippen LogP contribution in [0.15, 0.2) is 0 Å². The van der Waals surface area contributed by atoms with Crippen molar-refractivity contribution in [2.45, 2.75) is 81.2 Å². The number of esters is 1. The average Bonchev–Trinajstić information content (AvgIpc) is 2.66. The van der Waals surface area contributed by atoms with Crippen LogP contribution >= 0.6 is 0 Å². The molecule has 198 valence electrons. The zero-order valence-corrected chi connectivity index (χ0v) is 16.6. The van der Waals surface area contributed by atoms with Gasteiger partial charge in [-0.25, -0.2) is 4.79 Å². The van der Waals surface area contributed by atoms with Crippen LogP contribution in [0.1, 0.15) is 39.5 Å². The smallest absolute Gasteiger partial charge is 0.460 e. The summed E-state index contributed by atoms with van der Waals surface area (Å²) in [4.78, 5) is 11.2. The van der Waals surface area contributed by atoms with Gasteiger partial charge in [0, 0.05) is 0 Å². The molecule has 0 aromatic rings. The van der Waals surface area contributed by atoms with E-state index in [0.29, 0.717) is 12.8 Å². The molecule has 0 aliphatic rings. The van der Waals surface area contributed by atoms with Crippen LogP contribution in [-0.2, 0) is 9.53 Å². The van der Waals surface area contributed by atoms with Crippen molar-refractivity contribution in [1.29, 1.82) is 0 Å². The third kappa shape index (κ3) is 5.10. The van der Waals surface area contributed by atoms with Crippen LogP contribution in [0, 0.1) is 5.92 Å². The van der Waals surface area contributed by atoms with Crippen molar-refractivity contribution in [1.82, 2.24) is 0 Å². The van der Waals surface area contributed by atoms with E-state index in [2.05, 4.69) is 4.74 Å². The summed E-state index contributed by atoms with van der Waals surface area (Å²) in [6, 6.07) is 0. The van der Waals surface area contributed by atoms with E-state index in [9.17, 15) is 70.7 Å². The minimum atomic E-state index is -8.43. The van der Waals surface area contributed by atoms with Crippen molar-refractivity contribution in [3.63, 3.8) is 0 Å². The summed E-state index contributed by atoms with van der Waals surface area (Å²) < 4.78 is 200. The minimum Gasteiger partial charge on any atom is -0.461 e. The molecule has 33 heavy (non-hydrogen) atoms. The quantitative estimate of drug-likeness (QED) is 0.200. The highest BCUT2D eigenvalue weighted by molar-refractivity contribution is 5.79. The molecule has 0 aromatic heterocycles. The topological polar surface area (TPSA) is 26.3 Å². The van der Waals surface area contributed by atoms with Crippen molar-refractivity contribution in [2.24, 2.45) is 5.92 Å². The predicted molar refractivity (Wildman–Crippen MR) is 80.0 cm³/mol. The van der Waals surface area contributed by atoms with Crippen LogP contribution in [0.4, 0.5) is 65.9 Å². The number of hydrogen-bond acceptors (Lipinski definition) is 2. The summed E-state index contributed by atoms with van der Waals surface area (Å²) in [7, 11) is 0. The van der Waals surface area contributed by atoms with E-state index in [4.69, 9.17) is 0 Å². The maximum absolute atomic E-state index is 13.7. The number of carbonyl (C=O) groups is 1. The standard InChI is InChI=1S/C16H17F15O2/c1-3-5-6-8(4-2)7-33-9(32)10(17,18)11(19,20)12(21,22)13(23,24)14(25,26)15(27,28)16(29,30)31/h8H,3-7H2,1-2H3. The van der Waals surface area contributed by atoms with Crippen LogP contribution < -0.4 is 0 Å². The molecule has 0 radical (unpaired) electrons. The van der Waals surface area contributed by atoms with Crippen LogP contribution in [0.2, 0.25) is 0 Å². The number of halogens is 15. The van der Waals surface area contributed by atoms with Gasteiger partial charge in [0.25, 0.3) is 0 Å². The maximum Gasteiger partial charge on any atom is 0.460 e. The molecule has 1 unspecified atom stereocenters. The number of unbranched alkanes of at least 4 members (excludes halogenated alkanes) is 1. The van der Waals surface area contributed by atoms with Crippen molar-refractivity contribution in [3.05, 3.63) is 0 Å². The molecule has 0 aliphatic carbocycles.